The summed E-state index contributed by atoms with van der Waals surface area (Å²) in [4.78, 5) is 11.7. The molecule has 0 aromatic heterocycles. The van der Waals surface area contributed by atoms with Gasteiger partial charge in [0.05, 0.1) is 12.6 Å². The van der Waals surface area contributed by atoms with Gasteiger partial charge < -0.3 is 10.4 Å². The maximum atomic E-state index is 11.7. The lowest BCUT2D eigenvalue weighted by Gasteiger charge is -2.27. The van der Waals surface area contributed by atoms with E-state index in [0.29, 0.717) is 0 Å². The van der Waals surface area contributed by atoms with Crippen LogP contribution in [-0.2, 0) is 11.2 Å². The van der Waals surface area contributed by atoms with Crippen molar-refractivity contribution < 1.29 is 9.90 Å². The lowest BCUT2D eigenvalue weighted by Crippen LogP contribution is -2.46. The molecule has 1 aliphatic heterocycles. The van der Waals surface area contributed by atoms with Gasteiger partial charge in [-0.1, -0.05) is 30.3 Å². The second-order valence-corrected chi connectivity index (χ2v) is 4.35. The zero-order valence-corrected chi connectivity index (χ0v) is 9.23. The average Bonchev–Trinajstić information content (AvgIpc) is 2.33. The Bertz CT molecular complexity index is 350. The van der Waals surface area contributed by atoms with Crippen molar-refractivity contribution in [3.8, 4) is 0 Å². The molecule has 0 spiro atoms. The van der Waals surface area contributed by atoms with Crippen molar-refractivity contribution in [2.45, 2.75) is 25.3 Å². The Morgan fingerprint density at radius 1 is 1.25 bits per heavy atom. The van der Waals surface area contributed by atoms with Crippen molar-refractivity contribution in [2.75, 3.05) is 6.61 Å². The number of piperidine rings is 1. The first kappa shape index (κ1) is 11.1. The van der Waals surface area contributed by atoms with Crippen LogP contribution in [0.2, 0.25) is 0 Å². The molecule has 1 aliphatic rings. The quantitative estimate of drug-likeness (QED) is 0.800. The molecule has 2 N–H and O–H groups in total. The van der Waals surface area contributed by atoms with Crippen LogP contribution in [0.15, 0.2) is 30.3 Å². The Hall–Kier alpha value is -1.35. The molecule has 3 nitrogen and oxygen atoms in total. The van der Waals surface area contributed by atoms with Crippen molar-refractivity contribution in [3.05, 3.63) is 35.9 Å². The molecule has 3 heteroatoms. The minimum Gasteiger partial charge on any atom is -0.394 e. The Kier molecular flexibility index (Phi) is 3.57. The number of nitrogens with one attached hydrogen (secondary N) is 1. The second-order valence-electron chi connectivity index (χ2n) is 4.35. The first-order valence-electron chi connectivity index (χ1n) is 5.74. The van der Waals surface area contributed by atoms with E-state index in [1.165, 1.54) is 5.56 Å². The summed E-state index contributed by atoms with van der Waals surface area (Å²) in [6.45, 7) is 0.0454. The van der Waals surface area contributed by atoms with Crippen LogP contribution in [0.5, 0.6) is 0 Å². The van der Waals surface area contributed by atoms with Gasteiger partial charge in [0.1, 0.15) is 0 Å². The molecule has 0 radical (unpaired) electrons. The SMILES string of the molecule is O=C1N[C@H](CO)CC[C@H]1Cc1ccccc1. The predicted octanol–water partition coefficient (Wildman–Crippen LogP) is 1.12. The van der Waals surface area contributed by atoms with Gasteiger partial charge in [0.25, 0.3) is 0 Å². The Morgan fingerprint density at radius 2 is 2.00 bits per heavy atom. The first-order valence-corrected chi connectivity index (χ1v) is 5.74. The zero-order valence-electron chi connectivity index (χ0n) is 9.23. The number of carbonyl (C=O) groups excluding carboxylic acids is 1. The highest BCUT2D eigenvalue weighted by molar-refractivity contribution is 5.80. The molecule has 0 saturated carbocycles. The topological polar surface area (TPSA) is 49.3 Å². The van der Waals surface area contributed by atoms with Crippen molar-refractivity contribution in [1.82, 2.24) is 5.32 Å². The molecule has 1 aromatic rings. The minimum absolute atomic E-state index is 0.0421. The van der Waals surface area contributed by atoms with Gasteiger partial charge in [-0.2, -0.15) is 0 Å². The van der Waals surface area contributed by atoms with Gasteiger partial charge in [-0.05, 0) is 24.8 Å². The number of rotatable bonds is 3. The van der Waals surface area contributed by atoms with E-state index < -0.39 is 0 Å². The number of aliphatic hydroxyl groups is 1. The largest absolute Gasteiger partial charge is 0.394 e. The van der Waals surface area contributed by atoms with Gasteiger partial charge in [-0.3, -0.25) is 4.79 Å². The molecule has 2 atom stereocenters. The third-order valence-corrected chi connectivity index (χ3v) is 3.13. The van der Waals surface area contributed by atoms with E-state index in [0.717, 1.165) is 19.3 Å². The summed E-state index contributed by atoms with van der Waals surface area (Å²) in [7, 11) is 0. The number of aliphatic hydroxyl groups excluding tert-OH is 1. The molecule has 0 aliphatic carbocycles. The number of carbonyl (C=O) groups is 1. The zero-order chi connectivity index (χ0) is 11.4. The maximum Gasteiger partial charge on any atom is 0.223 e. The first-order chi connectivity index (χ1) is 7.79. The summed E-state index contributed by atoms with van der Waals surface area (Å²) in [6, 6.07) is 10.0. The average molecular weight is 219 g/mol. The van der Waals surface area contributed by atoms with Crippen LogP contribution >= 0.6 is 0 Å². The smallest absolute Gasteiger partial charge is 0.223 e. The minimum atomic E-state index is -0.0421. The van der Waals surface area contributed by atoms with Crippen LogP contribution in [0.25, 0.3) is 0 Å². The lowest BCUT2D eigenvalue weighted by molar-refractivity contribution is -0.128. The second kappa shape index (κ2) is 5.12. The molecular formula is C13H17NO2. The van der Waals surface area contributed by atoms with E-state index >= 15 is 0 Å². The van der Waals surface area contributed by atoms with Crippen molar-refractivity contribution >= 4 is 5.91 Å². The van der Waals surface area contributed by atoms with Crippen molar-refractivity contribution in [1.29, 1.82) is 0 Å². The predicted molar refractivity (Wildman–Crippen MR) is 61.9 cm³/mol. The maximum absolute atomic E-state index is 11.7. The molecule has 0 bridgehead atoms. The number of benzene rings is 1. The lowest BCUT2D eigenvalue weighted by atomic mass is 9.89. The van der Waals surface area contributed by atoms with E-state index in [-0.39, 0.29) is 24.5 Å². The highest BCUT2D eigenvalue weighted by atomic mass is 16.3. The summed E-state index contributed by atoms with van der Waals surface area (Å²) in [5.74, 6) is 0.138. The van der Waals surface area contributed by atoms with Crippen molar-refractivity contribution in [3.63, 3.8) is 0 Å². The molecule has 2 rings (SSSR count). The van der Waals surface area contributed by atoms with E-state index in [2.05, 4.69) is 5.32 Å². The Morgan fingerprint density at radius 3 is 2.62 bits per heavy atom. The third kappa shape index (κ3) is 2.61. The molecule has 16 heavy (non-hydrogen) atoms. The van der Waals surface area contributed by atoms with Crippen LogP contribution in [0.3, 0.4) is 0 Å². The highest BCUT2D eigenvalue weighted by Gasteiger charge is 2.27. The van der Waals surface area contributed by atoms with Gasteiger partial charge in [0, 0.05) is 5.92 Å². The Balaban J connectivity index is 1.94. The third-order valence-electron chi connectivity index (χ3n) is 3.13. The molecule has 1 aromatic carbocycles. The summed E-state index contributed by atoms with van der Waals surface area (Å²) < 4.78 is 0. The van der Waals surface area contributed by atoms with Gasteiger partial charge in [0.2, 0.25) is 5.91 Å². The number of amides is 1. The van der Waals surface area contributed by atoms with Crippen LogP contribution in [0.4, 0.5) is 0 Å². The fourth-order valence-electron chi connectivity index (χ4n) is 2.15. The summed E-state index contributed by atoms with van der Waals surface area (Å²) >= 11 is 0. The molecule has 1 saturated heterocycles. The number of hydrogen-bond acceptors (Lipinski definition) is 2. The standard InChI is InChI=1S/C13H17NO2/c15-9-12-7-6-11(13(16)14-12)8-10-4-2-1-3-5-10/h1-5,11-12,15H,6-9H2,(H,14,16)/t11-,12-/m0/s1. The van der Waals surface area contributed by atoms with Crippen LogP contribution in [-0.4, -0.2) is 23.7 Å². The Labute approximate surface area is 95.5 Å². The van der Waals surface area contributed by atoms with Gasteiger partial charge in [-0.15, -0.1) is 0 Å². The molecule has 0 unspecified atom stereocenters. The van der Waals surface area contributed by atoms with E-state index in [1.54, 1.807) is 0 Å². The van der Waals surface area contributed by atoms with E-state index in [4.69, 9.17) is 5.11 Å². The summed E-state index contributed by atoms with van der Waals surface area (Å²) in [5.41, 5.74) is 1.20. The highest BCUT2D eigenvalue weighted by Crippen LogP contribution is 2.19. The summed E-state index contributed by atoms with van der Waals surface area (Å²) in [6.07, 6.45) is 2.54. The van der Waals surface area contributed by atoms with Crippen LogP contribution in [0, 0.1) is 5.92 Å². The van der Waals surface area contributed by atoms with E-state index in [1.807, 2.05) is 30.3 Å². The number of hydrogen-bond donors (Lipinski definition) is 2. The summed E-state index contributed by atoms with van der Waals surface area (Å²) in [5, 5.41) is 11.8. The molecule has 1 amide bonds. The monoisotopic (exact) mass is 219 g/mol. The van der Waals surface area contributed by atoms with Crippen molar-refractivity contribution in [2.24, 2.45) is 5.92 Å². The van der Waals surface area contributed by atoms with Crippen LogP contribution < -0.4 is 5.32 Å². The fraction of sp³-hybridized carbons (Fsp3) is 0.462. The van der Waals surface area contributed by atoms with Gasteiger partial charge in [0.15, 0.2) is 0 Å². The molecule has 86 valence electrons. The molecule has 1 fully saturated rings. The van der Waals surface area contributed by atoms with Crippen LogP contribution in [0.1, 0.15) is 18.4 Å². The normalized spacial score (nSPS) is 25.2. The van der Waals surface area contributed by atoms with Gasteiger partial charge in [-0.25, -0.2) is 0 Å². The van der Waals surface area contributed by atoms with E-state index in [9.17, 15) is 4.79 Å². The molecule has 1 heterocycles. The molecular weight excluding hydrogens is 202 g/mol. The van der Waals surface area contributed by atoms with Gasteiger partial charge >= 0.3 is 0 Å². The fourth-order valence-corrected chi connectivity index (χ4v) is 2.15.